The number of nitrogens with zero attached hydrogens (tertiary/aromatic N) is 1. The summed E-state index contributed by atoms with van der Waals surface area (Å²) in [4.78, 5) is 2.21. The fourth-order valence-electron chi connectivity index (χ4n) is 2.19. The number of rotatable bonds is 5. The van der Waals surface area contributed by atoms with Gasteiger partial charge in [0.2, 0.25) is 0 Å². The molecule has 0 unspecified atom stereocenters. The lowest BCUT2D eigenvalue weighted by molar-refractivity contribution is 0.588. The molecule has 0 heterocycles. The third-order valence-corrected chi connectivity index (χ3v) is 4.25. The van der Waals surface area contributed by atoms with Gasteiger partial charge in [0.1, 0.15) is 0 Å². The van der Waals surface area contributed by atoms with E-state index in [1.54, 1.807) is 0 Å². The molecule has 0 radical (unpaired) electrons. The second-order valence-corrected chi connectivity index (χ2v) is 6.56. The van der Waals surface area contributed by atoms with Crippen LogP contribution in [0.1, 0.15) is 25.0 Å². The summed E-state index contributed by atoms with van der Waals surface area (Å²) in [6, 6.07) is 15.6. The van der Waals surface area contributed by atoms with Gasteiger partial charge in [0, 0.05) is 35.5 Å². The van der Waals surface area contributed by atoms with Gasteiger partial charge in [0.15, 0.2) is 0 Å². The number of halogens is 1. The van der Waals surface area contributed by atoms with Crippen molar-refractivity contribution in [2.24, 2.45) is 0 Å². The molecule has 0 amide bonds. The molecule has 21 heavy (non-hydrogen) atoms. The lowest BCUT2D eigenvalue weighted by Gasteiger charge is -2.21. The van der Waals surface area contributed by atoms with Crippen LogP contribution in [-0.2, 0) is 6.54 Å². The van der Waals surface area contributed by atoms with E-state index in [2.05, 4.69) is 96.4 Å². The van der Waals surface area contributed by atoms with Gasteiger partial charge in [-0.05, 0) is 42.3 Å². The maximum Gasteiger partial charge on any atom is 0.0419 e. The molecule has 0 aliphatic rings. The van der Waals surface area contributed by atoms with Gasteiger partial charge in [-0.3, -0.25) is 0 Å². The molecule has 0 atom stereocenters. The SMILES string of the molecule is Cc1cccc(N(C)c2ccc(CNC(C)C)c(Br)c2)c1. The molecule has 0 saturated heterocycles. The van der Waals surface area contributed by atoms with Crippen LogP contribution in [0.5, 0.6) is 0 Å². The summed E-state index contributed by atoms with van der Waals surface area (Å²) in [5.74, 6) is 0. The van der Waals surface area contributed by atoms with E-state index < -0.39 is 0 Å². The summed E-state index contributed by atoms with van der Waals surface area (Å²) in [6.45, 7) is 7.32. The van der Waals surface area contributed by atoms with Crippen molar-refractivity contribution in [3.63, 3.8) is 0 Å². The Balaban J connectivity index is 2.19. The first-order chi connectivity index (χ1) is 9.97. The first kappa shape index (κ1) is 16.1. The third-order valence-electron chi connectivity index (χ3n) is 3.51. The second-order valence-electron chi connectivity index (χ2n) is 5.71. The van der Waals surface area contributed by atoms with Crippen LogP contribution in [0.2, 0.25) is 0 Å². The minimum atomic E-state index is 0.492. The maximum absolute atomic E-state index is 3.69. The van der Waals surface area contributed by atoms with E-state index in [1.807, 2.05) is 0 Å². The van der Waals surface area contributed by atoms with Crippen molar-refractivity contribution in [2.75, 3.05) is 11.9 Å². The molecule has 0 saturated carbocycles. The molecule has 0 aliphatic carbocycles. The molecule has 2 nitrogen and oxygen atoms in total. The predicted octanol–water partition coefficient (Wildman–Crippen LogP) is 5.02. The molecule has 112 valence electrons. The molecule has 0 aromatic heterocycles. The van der Waals surface area contributed by atoms with Gasteiger partial charge in [0.05, 0.1) is 0 Å². The van der Waals surface area contributed by atoms with E-state index in [4.69, 9.17) is 0 Å². The first-order valence-corrected chi connectivity index (χ1v) is 8.09. The molecule has 1 N–H and O–H groups in total. The zero-order valence-electron chi connectivity index (χ0n) is 13.2. The van der Waals surface area contributed by atoms with Gasteiger partial charge in [-0.15, -0.1) is 0 Å². The lowest BCUT2D eigenvalue weighted by Crippen LogP contribution is -2.22. The van der Waals surface area contributed by atoms with Crippen LogP contribution in [0.25, 0.3) is 0 Å². The minimum Gasteiger partial charge on any atom is -0.345 e. The summed E-state index contributed by atoms with van der Waals surface area (Å²) < 4.78 is 1.15. The van der Waals surface area contributed by atoms with Gasteiger partial charge < -0.3 is 10.2 Å². The van der Waals surface area contributed by atoms with Crippen molar-refractivity contribution in [3.05, 3.63) is 58.1 Å². The molecule has 2 rings (SSSR count). The molecular formula is C18H23BrN2. The number of benzene rings is 2. The molecular weight excluding hydrogens is 324 g/mol. The average molecular weight is 347 g/mol. The van der Waals surface area contributed by atoms with Crippen LogP contribution in [0, 0.1) is 6.92 Å². The standard InChI is InChI=1S/C18H23BrN2/c1-13(2)20-12-15-8-9-17(11-18(15)19)21(4)16-7-5-6-14(3)10-16/h5-11,13,20H,12H2,1-4H3. The Kier molecular flexibility index (Phi) is 5.43. The minimum absolute atomic E-state index is 0.492. The van der Waals surface area contributed by atoms with Crippen LogP contribution in [0.15, 0.2) is 46.9 Å². The van der Waals surface area contributed by atoms with Crippen LogP contribution in [0.4, 0.5) is 11.4 Å². The Morgan fingerprint density at radius 1 is 1.10 bits per heavy atom. The van der Waals surface area contributed by atoms with Gasteiger partial charge in [0.25, 0.3) is 0 Å². The second kappa shape index (κ2) is 7.10. The first-order valence-electron chi connectivity index (χ1n) is 7.29. The van der Waals surface area contributed by atoms with Crippen LogP contribution < -0.4 is 10.2 Å². The van der Waals surface area contributed by atoms with Gasteiger partial charge in [-0.2, -0.15) is 0 Å². The molecule has 2 aromatic rings. The molecule has 0 aliphatic heterocycles. The number of nitrogens with one attached hydrogen (secondary N) is 1. The van der Waals surface area contributed by atoms with Crippen molar-refractivity contribution in [1.82, 2.24) is 5.32 Å². The third kappa shape index (κ3) is 4.32. The maximum atomic E-state index is 3.69. The summed E-state index contributed by atoms with van der Waals surface area (Å²) in [7, 11) is 2.10. The molecule has 2 aromatic carbocycles. The molecule has 3 heteroatoms. The van der Waals surface area contributed by atoms with E-state index >= 15 is 0 Å². The monoisotopic (exact) mass is 346 g/mol. The Morgan fingerprint density at radius 3 is 2.43 bits per heavy atom. The highest BCUT2D eigenvalue weighted by Crippen LogP contribution is 2.28. The van der Waals surface area contributed by atoms with Gasteiger partial charge in [-0.25, -0.2) is 0 Å². The van der Waals surface area contributed by atoms with Crippen molar-refractivity contribution >= 4 is 27.3 Å². The zero-order chi connectivity index (χ0) is 15.4. The van der Waals surface area contributed by atoms with Gasteiger partial charge >= 0.3 is 0 Å². The summed E-state index contributed by atoms with van der Waals surface area (Å²) >= 11 is 3.69. The topological polar surface area (TPSA) is 15.3 Å². The smallest absolute Gasteiger partial charge is 0.0419 e. The Labute approximate surface area is 136 Å². The van der Waals surface area contributed by atoms with E-state index in [9.17, 15) is 0 Å². The van der Waals surface area contributed by atoms with Crippen molar-refractivity contribution in [2.45, 2.75) is 33.4 Å². The van der Waals surface area contributed by atoms with Gasteiger partial charge in [-0.1, -0.05) is 48.0 Å². The number of hydrogen-bond donors (Lipinski definition) is 1. The number of aryl methyl sites for hydroxylation is 1. The Hall–Kier alpha value is -1.32. The Morgan fingerprint density at radius 2 is 1.81 bits per heavy atom. The van der Waals surface area contributed by atoms with E-state index in [1.165, 1.54) is 22.5 Å². The van der Waals surface area contributed by atoms with Crippen molar-refractivity contribution in [3.8, 4) is 0 Å². The highest BCUT2D eigenvalue weighted by Gasteiger charge is 2.07. The number of hydrogen-bond acceptors (Lipinski definition) is 2. The highest BCUT2D eigenvalue weighted by molar-refractivity contribution is 9.10. The predicted molar refractivity (Wildman–Crippen MR) is 95.4 cm³/mol. The van der Waals surface area contributed by atoms with Crippen LogP contribution in [0.3, 0.4) is 0 Å². The van der Waals surface area contributed by atoms with E-state index in [0.717, 1.165) is 11.0 Å². The van der Waals surface area contributed by atoms with Crippen molar-refractivity contribution in [1.29, 1.82) is 0 Å². The average Bonchev–Trinajstić information content (AvgIpc) is 2.45. The van der Waals surface area contributed by atoms with Crippen LogP contribution in [-0.4, -0.2) is 13.1 Å². The Bertz CT molecular complexity index is 608. The van der Waals surface area contributed by atoms with Crippen molar-refractivity contribution < 1.29 is 0 Å². The number of anilines is 2. The normalized spacial score (nSPS) is 11.0. The molecule has 0 spiro atoms. The summed E-state index contributed by atoms with van der Waals surface area (Å²) in [6.07, 6.45) is 0. The molecule has 0 bridgehead atoms. The molecule has 0 fully saturated rings. The van der Waals surface area contributed by atoms with E-state index in [-0.39, 0.29) is 0 Å². The summed E-state index contributed by atoms with van der Waals surface area (Å²) in [5, 5.41) is 3.45. The van der Waals surface area contributed by atoms with Crippen LogP contribution >= 0.6 is 15.9 Å². The lowest BCUT2D eigenvalue weighted by atomic mass is 10.1. The summed E-state index contributed by atoms with van der Waals surface area (Å²) in [5.41, 5.74) is 4.94. The highest BCUT2D eigenvalue weighted by atomic mass is 79.9. The fraction of sp³-hybridized carbons (Fsp3) is 0.333. The largest absolute Gasteiger partial charge is 0.345 e. The quantitative estimate of drug-likeness (QED) is 0.817. The fourth-order valence-corrected chi connectivity index (χ4v) is 2.69. The zero-order valence-corrected chi connectivity index (χ0v) is 14.7. The van der Waals surface area contributed by atoms with E-state index in [0.29, 0.717) is 6.04 Å².